The van der Waals surface area contributed by atoms with Crippen molar-refractivity contribution in [1.29, 1.82) is 0 Å². The van der Waals surface area contributed by atoms with E-state index in [1.54, 1.807) is 12.1 Å². The van der Waals surface area contributed by atoms with Gasteiger partial charge in [-0.1, -0.05) is 42.5 Å². The molecule has 0 radical (unpaired) electrons. The molecule has 2 aromatic rings. The summed E-state index contributed by atoms with van der Waals surface area (Å²) in [7, 11) is 1.34. The van der Waals surface area contributed by atoms with Crippen molar-refractivity contribution in [2.24, 2.45) is 0 Å². The van der Waals surface area contributed by atoms with Crippen LogP contribution in [0.5, 0.6) is 0 Å². The maximum absolute atomic E-state index is 11.8. The smallest absolute Gasteiger partial charge is 0.337 e. The summed E-state index contributed by atoms with van der Waals surface area (Å²) in [6, 6.07) is 16.3. The molecule has 2 aromatic carbocycles. The second kappa shape index (κ2) is 5.30. The van der Waals surface area contributed by atoms with Crippen molar-refractivity contribution >= 4 is 11.9 Å². The van der Waals surface area contributed by atoms with E-state index in [0.717, 1.165) is 11.1 Å². The minimum Gasteiger partial charge on any atom is -0.481 e. The van der Waals surface area contributed by atoms with E-state index in [9.17, 15) is 14.7 Å². The van der Waals surface area contributed by atoms with Gasteiger partial charge in [0.25, 0.3) is 0 Å². The van der Waals surface area contributed by atoms with Crippen LogP contribution in [-0.2, 0) is 14.9 Å². The van der Waals surface area contributed by atoms with Crippen molar-refractivity contribution in [3.63, 3.8) is 0 Å². The third kappa shape index (κ3) is 2.17. The summed E-state index contributed by atoms with van der Waals surface area (Å²) < 4.78 is 4.67. The molecule has 1 fully saturated rings. The monoisotopic (exact) mass is 296 g/mol. The zero-order valence-corrected chi connectivity index (χ0v) is 12.2. The fourth-order valence-electron chi connectivity index (χ4n) is 3.05. The number of carbonyl (C=O) groups is 2. The number of hydrogen-bond donors (Lipinski definition) is 1. The number of carboxylic acids is 1. The molecule has 2 atom stereocenters. The molecule has 0 amide bonds. The normalized spacial score (nSPS) is 22.9. The molecule has 1 aliphatic carbocycles. The predicted octanol–water partition coefficient (Wildman–Crippen LogP) is 2.98. The first kappa shape index (κ1) is 14.3. The van der Waals surface area contributed by atoms with Crippen molar-refractivity contribution in [1.82, 2.24) is 0 Å². The Hall–Kier alpha value is -2.62. The van der Waals surface area contributed by atoms with Gasteiger partial charge in [-0.05, 0) is 29.7 Å². The quantitative estimate of drug-likeness (QED) is 0.881. The van der Waals surface area contributed by atoms with Crippen molar-refractivity contribution in [2.45, 2.75) is 17.8 Å². The van der Waals surface area contributed by atoms with Gasteiger partial charge >= 0.3 is 11.9 Å². The van der Waals surface area contributed by atoms with Crippen LogP contribution in [0.25, 0.3) is 0 Å². The first-order valence-corrected chi connectivity index (χ1v) is 7.07. The van der Waals surface area contributed by atoms with Gasteiger partial charge in [0.15, 0.2) is 0 Å². The maximum Gasteiger partial charge on any atom is 0.337 e. The van der Waals surface area contributed by atoms with Crippen LogP contribution in [-0.4, -0.2) is 24.2 Å². The van der Waals surface area contributed by atoms with E-state index < -0.39 is 17.4 Å². The van der Waals surface area contributed by atoms with Crippen LogP contribution < -0.4 is 0 Å². The maximum atomic E-state index is 11.8. The molecule has 0 aromatic heterocycles. The van der Waals surface area contributed by atoms with Crippen LogP contribution in [0.1, 0.15) is 33.8 Å². The Kier molecular flexibility index (Phi) is 3.45. The summed E-state index contributed by atoms with van der Waals surface area (Å²) in [5, 5.41) is 9.70. The van der Waals surface area contributed by atoms with Crippen LogP contribution in [0.2, 0.25) is 0 Å². The molecule has 22 heavy (non-hydrogen) atoms. The van der Waals surface area contributed by atoms with E-state index in [1.807, 2.05) is 42.5 Å². The Labute approximate surface area is 128 Å². The molecule has 0 bridgehead atoms. The Bertz CT molecular complexity index is 706. The average molecular weight is 296 g/mol. The van der Waals surface area contributed by atoms with Crippen molar-refractivity contribution < 1.29 is 19.4 Å². The van der Waals surface area contributed by atoms with Gasteiger partial charge < -0.3 is 9.84 Å². The van der Waals surface area contributed by atoms with Gasteiger partial charge in [0.1, 0.15) is 5.41 Å². The second-order valence-electron chi connectivity index (χ2n) is 5.51. The van der Waals surface area contributed by atoms with E-state index in [2.05, 4.69) is 4.74 Å². The molecule has 0 spiro atoms. The number of aliphatic carboxylic acids is 1. The topological polar surface area (TPSA) is 63.6 Å². The lowest BCUT2D eigenvalue weighted by Crippen LogP contribution is -2.22. The highest BCUT2D eigenvalue weighted by Gasteiger charge is 2.62. The fraction of sp³-hybridized carbons (Fsp3) is 0.222. The van der Waals surface area contributed by atoms with Crippen molar-refractivity contribution in [2.75, 3.05) is 7.11 Å². The van der Waals surface area contributed by atoms with Crippen LogP contribution in [0.15, 0.2) is 54.6 Å². The van der Waals surface area contributed by atoms with Gasteiger partial charge in [0.2, 0.25) is 0 Å². The molecular formula is C18H16O4. The summed E-state index contributed by atoms with van der Waals surface area (Å²) >= 11 is 0. The lowest BCUT2D eigenvalue weighted by molar-refractivity contribution is -0.140. The fourth-order valence-corrected chi connectivity index (χ4v) is 3.05. The van der Waals surface area contributed by atoms with Crippen LogP contribution in [0.4, 0.5) is 0 Å². The number of benzene rings is 2. The average Bonchev–Trinajstić information content (AvgIpc) is 3.32. The molecule has 4 heteroatoms. The molecule has 4 nitrogen and oxygen atoms in total. The minimum absolute atomic E-state index is 0.0703. The van der Waals surface area contributed by atoms with Gasteiger partial charge in [-0.15, -0.1) is 0 Å². The van der Waals surface area contributed by atoms with E-state index in [4.69, 9.17) is 0 Å². The summed E-state index contributed by atoms with van der Waals surface area (Å²) in [6.07, 6.45) is 0.573. The zero-order chi connectivity index (χ0) is 15.7. The molecular weight excluding hydrogens is 280 g/mol. The summed E-state index contributed by atoms with van der Waals surface area (Å²) in [4.78, 5) is 23.3. The van der Waals surface area contributed by atoms with Crippen LogP contribution in [0.3, 0.4) is 0 Å². The highest BCUT2D eigenvalue weighted by molar-refractivity contribution is 5.90. The van der Waals surface area contributed by atoms with E-state index in [1.165, 1.54) is 7.11 Å². The summed E-state index contributed by atoms with van der Waals surface area (Å²) in [5.41, 5.74) is 1.37. The molecule has 0 aliphatic heterocycles. The number of hydrogen-bond acceptors (Lipinski definition) is 3. The molecule has 0 heterocycles. The highest BCUT2D eigenvalue weighted by atomic mass is 16.5. The van der Waals surface area contributed by atoms with Crippen LogP contribution in [0, 0.1) is 0 Å². The van der Waals surface area contributed by atoms with Crippen molar-refractivity contribution in [3.05, 3.63) is 71.3 Å². The third-order valence-electron chi connectivity index (χ3n) is 4.37. The Balaban J connectivity index is 1.91. The van der Waals surface area contributed by atoms with Gasteiger partial charge in [0.05, 0.1) is 12.7 Å². The standard InChI is InChI=1S/C18H16O4/c1-22-16(19)13-9-7-12(8-10-13)15-11-18(15,17(20)21)14-5-3-2-4-6-14/h2-10,15H,11H2,1H3,(H,20,21)/t15-,18+/m1/s1. The van der Waals surface area contributed by atoms with Gasteiger partial charge in [0, 0.05) is 5.92 Å². The SMILES string of the molecule is COC(=O)c1ccc([C@H]2C[C@]2(C(=O)O)c2ccccc2)cc1. The number of methoxy groups -OCH3 is 1. The van der Waals surface area contributed by atoms with Gasteiger partial charge in [-0.3, -0.25) is 4.79 Å². The first-order valence-electron chi connectivity index (χ1n) is 7.07. The number of esters is 1. The lowest BCUT2D eigenvalue weighted by atomic mass is 9.90. The number of carboxylic acid groups (broad SMARTS) is 1. The van der Waals surface area contributed by atoms with E-state index in [-0.39, 0.29) is 5.92 Å². The number of ether oxygens (including phenoxy) is 1. The van der Waals surface area contributed by atoms with Crippen LogP contribution >= 0.6 is 0 Å². The molecule has 0 saturated heterocycles. The largest absolute Gasteiger partial charge is 0.481 e. The molecule has 1 saturated carbocycles. The Morgan fingerprint density at radius 2 is 1.73 bits per heavy atom. The Morgan fingerprint density at radius 3 is 2.27 bits per heavy atom. The van der Waals surface area contributed by atoms with Gasteiger partial charge in [-0.2, -0.15) is 0 Å². The molecule has 112 valence electrons. The first-order chi connectivity index (χ1) is 10.6. The lowest BCUT2D eigenvalue weighted by Gasteiger charge is -2.13. The Morgan fingerprint density at radius 1 is 1.09 bits per heavy atom. The predicted molar refractivity (Wildman–Crippen MR) is 80.9 cm³/mol. The highest BCUT2D eigenvalue weighted by Crippen LogP contribution is 2.60. The zero-order valence-electron chi connectivity index (χ0n) is 12.2. The number of rotatable bonds is 4. The summed E-state index contributed by atoms with van der Waals surface area (Å²) in [5.74, 6) is -1.27. The minimum atomic E-state index is -0.853. The molecule has 1 N–H and O–H groups in total. The third-order valence-corrected chi connectivity index (χ3v) is 4.37. The van der Waals surface area contributed by atoms with E-state index in [0.29, 0.717) is 12.0 Å². The van der Waals surface area contributed by atoms with E-state index >= 15 is 0 Å². The number of carbonyl (C=O) groups excluding carboxylic acids is 1. The molecule has 3 rings (SSSR count). The second-order valence-corrected chi connectivity index (χ2v) is 5.51. The molecule has 0 unspecified atom stereocenters. The molecule has 1 aliphatic rings. The summed E-state index contributed by atoms with van der Waals surface area (Å²) in [6.45, 7) is 0. The van der Waals surface area contributed by atoms with Crippen molar-refractivity contribution in [3.8, 4) is 0 Å². The van der Waals surface area contributed by atoms with Gasteiger partial charge in [-0.25, -0.2) is 4.79 Å².